The molecule has 0 aromatic heterocycles. The van der Waals surface area contributed by atoms with Gasteiger partial charge in [0, 0.05) is 24.2 Å². The summed E-state index contributed by atoms with van der Waals surface area (Å²) in [5.41, 5.74) is 0.344. The quantitative estimate of drug-likeness (QED) is 0.505. The first-order valence-corrected chi connectivity index (χ1v) is 14.2. The smallest absolute Gasteiger partial charge is 0.394 e. The first-order valence-electron chi connectivity index (χ1n) is 14.2. The third-order valence-electron chi connectivity index (χ3n) is 9.47. The molecular formula is C29H39N3O6. The van der Waals surface area contributed by atoms with E-state index in [2.05, 4.69) is 17.1 Å². The van der Waals surface area contributed by atoms with E-state index >= 15 is 0 Å². The summed E-state index contributed by atoms with van der Waals surface area (Å²) < 4.78 is 0. The largest absolute Gasteiger partial charge is 0.474 e. The van der Waals surface area contributed by atoms with Gasteiger partial charge in [-0.1, -0.05) is 38.3 Å². The van der Waals surface area contributed by atoms with E-state index in [4.69, 9.17) is 5.11 Å². The Kier molecular flexibility index (Phi) is 7.75. The Balaban J connectivity index is 1.42. The highest BCUT2D eigenvalue weighted by atomic mass is 16.4. The van der Waals surface area contributed by atoms with Crippen LogP contribution in [0.3, 0.4) is 0 Å². The lowest BCUT2D eigenvalue weighted by atomic mass is 9.76. The number of para-hydroxylation sites is 2. The zero-order valence-electron chi connectivity index (χ0n) is 22.1. The number of aliphatic carboxylic acids is 2. The summed E-state index contributed by atoms with van der Waals surface area (Å²) in [5, 5.41) is 21.1. The lowest BCUT2D eigenvalue weighted by molar-refractivity contribution is -0.149. The molecule has 9 nitrogen and oxygen atoms in total. The van der Waals surface area contributed by atoms with Crippen molar-refractivity contribution in [3.63, 3.8) is 0 Å². The third-order valence-corrected chi connectivity index (χ3v) is 9.47. The Labute approximate surface area is 223 Å². The Hall–Kier alpha value is -2.94. The SMILES string of the molecule is CC1CC2CCC(C1)CC(N1C3CCCC1CC(N(C(=O)C(=O)O)c1ccccc1NC(=O)C(=O)O)C3)C2. The number of carboxylic acids is 2. The minimum atomic E-state index is -1.65. The van der Waals surface area contributed by atoms with Gasteiger partial charge in [0.05, 0.1) is 11.4 Å². The second kappa shape index (κ2) is 11.0. The zero-order chi connectivity index (χ0) is 27.0. The number of anilines is 2. The van der Waals surface area contributed by atoms with Crippen LogP contribution in [0.2, 0.25) is 0 Å². The third kappa shape index (κ3) is 5.44. The van der Waals surface area contributed by atoms with E-state index in [1.807, 2.05) is 0 Å². The molecule has 3 N–H and O–H groups in total. The minimum absolute atomic E-state index is 0.118. The van der Waals surface area contributed by atoms with Crippen molar-refractivity contribution in [3.05, 3.63) is 24.3 Å². The lowest BCUT2D eigenvalue weighted by Gasteiger charge is -2.54. The van der Waals surface area contributed by atoms with E-state index in [0.29, 0.717) is 18.9 Å². The average Bonchev–Trinajstić information content (AvgIpc) is 3.16. The topological polar surface area (TPSA) is 127 Å². The first-order chi connectivity index (χ1) is 18.2. The number of carboxylic acid groups (broad SMARTS) is 2. The molecule has 2 aliphatic heterocycles. The normalized spacial score (nSPS) is 33.0. The van der Waals surface area contributed by atoms with Crippen LogP contribution in [0.25, 0.3) is 0 Å². The van der Waals surface area contributed by atoms with Crippen LogP contribution in [0.15, 0.2) is 24.3 Å². The highest BCUT2D eigenvalue weighted by Gasteiger charge is 2.47. The van der Waals surface area contributed by atoms with Crippen molar-refractivity contribution in [1.82, 2.24) is 4.90 Å². The van der Waals surface area contributed by atoms with Crippen LogP contribution in [-0.2, 0) is 19.2 Å². The lowest BCUT2D eigenvalue weighted by Crippen LogP contribution is -2.61. The molecule has 4 fully saturated rings. The number of carbonyl (C=O) groups excluding carboxylic acids is 2. The van der Waals surface area contributed by atoms with E-state index in [0.717, 1.165) is 37.0 Å². The molecule has 2 amide bonds. The number of hydrogen-bond acceptors (Lipinski definition) is 5. The van der Waals surface area contributed by atoms with Crippen molar-refractivity contribution in [1.29, 1.82) is 0 Å². The number of amides is 2. The van der Waals surface area contributed by atoms with Crippen molar-refractivity contribution in [2.75, 3.05) is 10.2 Å². The Bertz CT molecular complexity index is 1060. The van der Waals surface area contributed by atoms with Gasteiger partial charge >= 0.3 is 23.8 Å². The number of benzene rings is 1. The fourth-order valence-corrected chi connectivity index (χ4v) is 8.21. The predicted molar refractivity (Wildman–Crippen MR) is 142 cm³/mol. The van der Waals surface area contributed by atoms with Gasteiger partial charge < -0.3 is 15.5 Å². The van der Waals surface area contributed by atoms with E-state index in [9.17, 15) is 24.3 Å². The molecule has 4 bridgehead atoms. The van der Waals surface area contributed by atoms with Gasteiger partial charge in [-0.15, -0.1) is 0 Å². The Morgan fingerprint density at radius 2 is 1.42 bits per heavy atom. The summed E-state index contributed by atoms with van der Waals surface area (Å²) >= 11 is 0. The second-order valence-electron chi connectivity index (χ2n) is 12.1. The Morgan fingerprint density at radius 3 is 2.00 bits per heavy atom. The molecule has 206 valence electrons. The molecule has 5 rings (SSSR count). The molecule has 1 aromatic rings. The maximum atomic E-state index is 13.1. The molecule has 9 heteroatoms. The van der Waals surface area contributed by atoms with Gasteiger partial charge in [0.15, 0.2) is 0 Å². The van der Waals surface area contributed by atoms with Gasteiger partial charge in [0.1, 0.15) is 0 Å². The van der Waals surface area contributed by atoms with E-state index in [1.54, 1.807) is 18.2 Å². The van der Waals surface area contributed by atoms with E-state index in [-0.39, 0.29) is 29.5 Å². The molecule has 4 aliphatic rings. The molecule has 4 unspecified atom stereocenters. The standard InChI is InChI=1S/C29H39N3O6/c1-17-11-18-9-10-19(12-17)14-22(13-18)31-20-5-4-6-21(31)16-23(15-20)32(27(34)29(37)38)25-8-3-2-7-24(25)30-26(33)28(35)36/h2-3,7-8,17-23H,4-6,9-16H2,1H3,(H,30,33)(H,35,36)(H,37,38). The molecule has 4 atom stereocenters. The van der Waals surface area contributed by atoms with Crippen molar-refractivity contribution in [2.24, 2.45) is 17.8 Å². The van der Waals surface area contributed by atoms with Crippen molar-refractivity contribution in [3.8, 4) is 0 Å². The van der Waals surface area contributed by atoms with Gasteiger partial charge in [-0.3, -0.25) is 19.4 Å². The highest BCUT2D eigenvalue weighted by molar-refractivity contribution is 6.39. The fourth-order valence-electron chi connectivity index (χ4n) is 8.21. The van der Waals surface area contributed by atoms with Crippen LogP contribution in [0, 0.1) is 17.8 Å². The fraction of sp³-hybridized carbons (Fsp3) is 0.655. The van der Waals surface area contributed by atoms with E-state index < -0.39 is 23.8 Å². The van der Waals surface area contributed by atoms with Crippen molar-refractivity contribution >= 4 is 35.1 Å². The molecule has 0 spiro atoms. The van der Waals surface area contributed by atoms with Crippen molar-refractivity contribution in [2.45, 2.75) is 102 Å². The van der Waals surface area contributed by atoms with E-state index in [1.165, 1.54) is 49.5 Å². The monoisotopic (exact) mass is 525 g/mol. The molecule has 2 saturated carbocycles. The summed E-state index contributed by atoms with van der Waals surface area (Å²) in [7, 11) is 0. The van der Waals surface area contributed by atoms with Crippen molar-refractivity contribution < 1.29 is 29.4 Å². The zero-order valence-corrected chi connectivity index (χ0v) is 22.1. The molecule has 2 saturated heterocycles. The van der Waals surface area contributed by atoms with Gasteiger partial charge in [-0.05, 0) is 81.3 Å². The summed E-state index contributed by atoms with van der Waals surface area (Å²) in [6, 6.07) is 7.10. The minimum Gasteiger partial charge on any atom is -0.474 e. The number of piperidine rings is 2. The highest BCUT2D eigenvalue weighted by Crippen LogP contribution is 2.46. The first kappa shape index (κ1) is 26.7. The number of hydrogen-bond donors (Lipinski definition) is 3. The summed E-state index contributed by atoms with van der Waals surface area (Å²) in [6.07, 6.45) is 12.3. The number of nitrogens with one attached hydrogen (secondary N) is 1. The molecule has 1 aromatic carbocycles. The number of rotatable bonds is 4. The number of nitrogens with zero attached hydrogens (tertiary/aromatic N) is 2. The van der Waals surface area contributed by atoms with Gasteiger partial charge in [-0.25, -0.2) is 9.59 Å². The van der Waals surface area contributed by atoms with Crippen LogP contribution in [0.1, 0.15) is 77.6 Å². The second-order valence-corrected chi connectivity index (χ2v) is 12.1. The summed E-state index contributed by atoms with van der Waals surface area (Å²) in [4.78, 5) is 52.2. The predicted octanol–water partition coefficient (Wildman–Crippen LogP) is 4.12. The maximum absolute atomic E-state index is 13.1. The number of carbonyl (C=O) groups is 4. The molecule has 0 radical (unpaired) electrons. The summed E-state index contributed by atoms with van der Waals surface area (Å²) in [6.45, 7) is 2.40. The van der Waals surface area contributed by atoms with Gasteiger partial charge in [0.2, 0.25) is 0 Å². The van der Waals surface area contributed by atoms with Gasteiger partial charge in [-0.2, -0.15) is 0 Å². The van der Waals surface area contributed by atoms with Crippen LogP contribution >= 0.6 is 0 Å². The van der Waals surface area contributed by atoms with Gasteiger partial charge in [0.25, 0.3) is 0 Å². The van der Waals surface area contributed by atoms with Crippen LogP contribution in [0.5, 0.6) is 0 Å². The Morgan fingerprint density at radius 1 is 0.816 bits per heavy atom. The average molecular weight is 526 g/mol. The molecule has 2 aliphatic carbocycles. The van der Waals surface area contributed by atoms with Crippen LogP contribution in [-0.4, -0.2) is 63.0 Å². The molecule has 38 heavy (non-hydrogen) atoms. The molecule has 2 heterocycles. The molecular weight excluding hydrogens is 486 g/mol. The number of fused-ring (bicyclic) bond motifs is 5. The van der Waals surface area contributed by atoms with Crippen LogP contribution in [0.4, 0.5) is 11.4 Å². The maximum Gasteiger partial charge on any atom is 0.394 e. The van der Waals surface area contributed by atoms with Crippen LogP contribution < -0.4 is 10.2 Å². The summed E-state index contributed by atoms with van der Waals surface area (Å²) in [5.74, 6) is -3.16.